The maximum Gasteiger partial charge on any atom is 0.178 e. The van der Waals surface area contributed by atoms with E-state index in [0.717, 1.165) is 47.5 Å². The number of thioether (sulfide) groups is 1. The SMILES string of the molecule is Cc1cc(C2(C)CCCc3nc(SCc4c(F)cc(C5=NCN=N5)cc4F)n(-c4ccc(F)cc4)c32)ccc1Cl. The normalized spacial score (nSPS) is 18.2. The number of nitrogens with zero attached hydrogens (tertiary/aromatic N) is 5. The van der Waals surface area contributed by atoms with E-state index in [0.29, 0.717) is 10.2 Å². The van der Waals surface area contributed by atoms with Gasteiger partial charge in [0.25, 0.3) is 0 Å². The number of imidazole rings is 1. The maximum atomic E-state index is 15.1. The van der Waals surface area contributed by atoms with E-state index in [1.54, 1.807) is 12.1 Å². The lowest BCUT2D eigenvalue weighted by Crippen LogP contribution is -2.31. The number of halogens is 4. The zero-order valence-corrected chi connectivity index (χ0v) is 23.5. The molecule has 6 rings (SSSR count). The molecule has 0 N–H and O–H groups in total. The van der Waals surface area contributed by atoms with Crippen molar-refractivity contribution in [3.8, 4) is 5.69 Å². The van der Waals surface area contributed by atoms with Crippen LogP contribution in [-0.4, -0.2) is 22.1 Å². The number of aromatic nitrogens is 2. The average Bonchev–Trinajstić information content (AvgIpc) is 3.59. The minimum absolute atomic E-state index is 0.0137. The summed E-state index contributed by atoms with van der Waals surface area (Å²) in [6, 6.07) is 14.7. The predicted octanol–water partition coefficient (Wildman–Crippen LogP) is 8.36. The third-order valence-corrected chi connectivity index (χ3v) is 8.99. The molecule has 0 bridgehead atoms. The molecular formula is C30H25ClF3N5S. The lowest BCUT2D eigenvalue weighted by Gasteiger charge is -2.36. The van der Waals surface area contributed by atoms with Crippen molar-refractivity contribution in [3.05, 3.63) is 111 Å². The first-order chi connectivity index (χ1) is 19.2. The molecule has 3 aromatic carbocycles. The summed E-state index contributed by atoms with van der Waals surface area (Å²) in [5.41, 5.74) is 4.53. The number of amidine groups is 1. The first kappa shape index (κ1) is 26.8. The fourth-order valence-corrected chi connectivity index (χ4v) is 6.66. The van der Waals surface area contributed by atoms with Crippen LogP contribution in [0.2, 0.25) is 5.02 Å². The van der Waals surface area contributed by atoms with Gasteiger partial charge in [0, 0.05) is 33.0 Å². The van der Waals surface area contributed by atoms with Crippen LogP contribution < -0.4 is 0 Å². The van der Waals surface area contributed by atoms with Crippen molar-refractivity contribution >= 4 is 29.2 Å². The third-order valence-electron chi connectivity index (χ3n) is 7.61. The second-order valence-electron chi connectivity index (χ2n) is 10.2. The minimum Gasteiger partial charge on any atom is -0.291 e. The Bertz CT molecular complexity index is 1660. The van der Waals surface area contributed by atoms with Gasteiger partial charge >= 0.3 is 0 Å². The van der Waals surface area contributed by atoms with E-state index in [-0.39, 0.29) is 35.2 Å². The molecule has 1 unspecified atom stereocenters. The Morgan fingerprint density at radius 3 is 2.45 bits per heavy atom. The van der Waals surface area contributed by atoms with Gasteiger partial charge in [-0.1, -0.05) is 35.5 Å². The van der Waals surface area contributed by atoms with Gasteiger partial charge in [-0.05, 0) is 86.7 Å². The molecule has 204 valence electrons. The Balaban J connectivity index is 1.43. The number of benzene rings is 3. The molecule has 0 amide bonds. The van der Waals surface area contributed by atoms with Crippen molar-refractivity contribution in [3.63, 3.8) is 0 Å². The predicted molar refractivity (Wildman–Crippen MR) is 151 cm³/mol. The number of aliphatic imine (C=N–C) groups is 1. The highest BCUT2D eigenvalue weighted by atomic mass is 35.5. The maximum absolute atomic E-state index is 15.1. The van der Waals surface area contributed by atoms with E-state index in [2.05, 4.69) is 28.2 Å². The minimum atomic E-state index is -0.682. The molecular weight excluding hydrogens is 555 g/mol. The van der Waals surface area contributed by atoms with E-state index in [1.807, 2.05) is 23.6 Å². The molecule has 1 aromatic heterocycles. The quantitative estimate of drug-likeness (QED) is 0.216. The molecule has 1 atom stereocenters. The average molecular weight is 580 g/mol. The number of hydrogen-bond donors (Lipinski definition) is 0. The molecule has 0 saturated heterocycles. The molecule has 2 heterocycles. The molecule has 2 aliphatic rings. The number of rotatable bonds is 6. The highest BCUT2D eigenvalue weighted by molar-refractivity contribution is 7.98. The molecule has 10 heteroatoms. The van der Waals surface area contributed by atoms with E-state index in [4.69, 9.17) is 16.6 Å². The Morgan fingerprint density at radius 1 is 1.02 bits per heavy atom. The van der Waals surface area contributed by atoms with Crippen molar-refractivity contribution in [2.75, 3.05) is 6.67 Å². The van der Waals surface area contributed by atoms with E-state index < -0.39 is 17.0 Å². The fourth-order valence-electron chi connectivity index (χ4n) is 5.49. The summed E-state index contributed by atoms with van der Waals surface area (Å²) in [6.45, 7) is 4.32. The monoisotopic (exact) mass is 579 g/mol. The van der Waals surface area contributed by atoms with Crippen LogP contribution in [0, 0.1) is 24.4 Å². The summed E-state index contributed by atoms with van der Waals surface area (Å²) in [5, 5.41) is 8.88. The van der Waals surface area contributed by atoms with Gasteiger partial charge in [-0.3, -0.25) is 4.57 Å². The number of azo groups is 1. The van der Waals surface area contributed by atoms with Crippen molar-refractivity contribution in [1.82, 2.24) is 9.55 Å². The number of hydrogen-bond acceptors (Lipinski definition) is 5. The molecule has 5 nitrogen and oxygen atoms in total. The van der Waals surface area contributed by atoms with Crippen LogP contribution in [-0.2, 0) is 17.6 Å². The van der Waals surface area contributed by atoms with Crippen LogP contribution in [0.25, 0.3) is 5.69 Å². The van der Waals surface area contributed by atoms with Crippen LogP contribution in [0.15, 0.2) is 75.0 Å². The standard InChI is InChI=1S/C30H25ClF3N5S/c1-17-12-19(5-10-23(17)31)30(2)11-3-4-26-27(30)39(21-8-6-20(32)7-9-21)29(37-26)40-15-22-24(33)13-18(14-25(22)34)28-35-16-36-38-28/h5-10,12-14H,3-4,11,15-16H2,1-2H3. The van der Waals surface area contributed by atoms with Gasteiger partial charge in [-0.15, -0.1) is 5.11 Å². The van der Waals surface area contributed by atoms with Gasteiger partial charge in [0.15, 0.2) is 17.7 Å². The smallest absolute Gasteiger partial charge is 0.178 e. The van der Waals surface area contributed by atoms with E-state index in [9.17, 15) is 4.39 Å². The summed E-state index contributed by atoms with van der Waals surface area (Å²) in [7, 11) is 0. The lowest BCUT2D eigenvalue weighted by molar-refractivity contribution is 0.442. The van der Waals surface area contributed by atoms with Crippen LogP contribution in [0.4, 0.5) is 13.2 Å². The van der Waals surface area contributed by atoms with Crippen LogP contribution in [0.1, 0.15) is 53.4 Å². The largest absolute Gasteiger partial charge is 0.291 e. The molecule has 40 heavy (non-hydrogen) atoms. The van der Waals surface area contributed by atoms with Gasteiger partial charge in [-0.2, -0.15) is 5.11 Å². The molecule has 0 fully saturated rings. The Morgan fingerprint density at radius 2 is 1.77 bits per heavy atom. The zero-order valence-electron chi connectivity index (χ0n) is 21.9. The lowest BCUT2D eigenvalue weighted by atomic mass is 9.71. The Kier molecular flexibility index (Phi) is 7.04. The van der Waals surface area contributed by atoms with Crippen LogP contribution in [0.3, 0.4) is 0 Å². The highest BCUT2D eigenvalue weighted by Gasteiger charge is 2.39. The second kappa shape index (κ2) is 10.5. The fraction of sp³-hybridized carbons (Fsp3) is 0.267. The number of fused-ring (bicyclic) bond motifs is 1. The Hall–Kier alpha value is -3.43. The molecule has 0 spiro atoms. The number of aryl methyl sites for hydroxylation is 2. The molecule has 0 saturated carbocycles. The third kappa shape index (κ3) is 4.75. The van der Waals surface area contributed by atoms with Gasteiger partial charge < -0.3 is 0 Å². The van der Waals surface area contributed by atoms with Crippen LogP contribution >= 0.6 is 23.4 Å². The molecule has 0 radical (unpaired) electrons. The van der Waals surface area contributed by atoms with Crippen molar-refractivity contribution in [2.24, 2.45) is 15.2 Å². The van der Waals surface area contributed by atoms with Gasteiger partial charge in [0.1, 0.15) is 17.5 Å². The van der Waals surface area contributed by atoms with E-state index in [1.165, 1.54) is 36.0 Å². The van der Waals surface area contributed by atoms with Gasteiger partial charge in [-0.25, -0.2) is 23.1 Å². The second-order valence-corrected chi connectivity index (χ2v) is 11.6. The summed E-state index contributed by atoms with van der Waals surface area (Å²) in [5.74, 6) is -1.48. The summed E-state index contributed by atoms with van der Waals surface area (Å²) in [4.78, 5) is 9.03. The van der Waals surface area contributed by atoms with Gasteiger partial charge in [0.2, 0.25) is 0 Å². The molecule has 4 aromatic rings. The van der Waals surface area contributed by atoms with Crippen LogP contribution in [0.5, 0.6) is 0 Å². The van der Waals surface area contributed by atoms with Gasteiger partial charge in [0.05, 0.1) is 11.4 Å². The summed E-state index contributed by atoms with van der Waals surface area (Å²) >= 11 is 7.59. The topological polar surface area (TPSA) is 54.9 Å². The van der Waals surface area contributed by atoms with Crippen molar-refractivity contribution in [1.29, 1.82) is 0 Å². The highest BCUT2D eigenvalue weighted by Crippen LogP contribution is 2.46. The van der Waals surface area contributed by atoms with Crippen molar-refractivity contribution in [2.45, 2.75) is 49.4 Å². The molecule has 1 aliphatic carbocycles. The molecule has 1 aliphatic heterocycles. The summed E-state index contributed by atoms with van der Waals surface area (Å²) in [6.07, 6.45) is 2.58. The zero-order chi connectivity index (χ0) is 28.0. The summed E-state index contributed by atoms with van der Waals surface area (Å²) < 4.78 is 46.2. The first-order valence-corrected chi connectivity index (χ1v) is 14.3. The Labute approximate surface area is 239 Å². The van der Waals surface area contributed by atoms with E-state index >= 15 is 8.78 Å². The van der Waals surface area contributed by atoms with Crippen molar-refractivity contribution < 1.29 is 13.2 Å². The first-order valence-electron chi connectivity index (χ1n) is 12.9.